The number of ether oxygens (including phenoxy) is 1. The number of aromatic nitrogens is 2. The summed E-state index contributed by atoms with van der Waals surface area (Å²) < 4.78 is 6.69. The van der Waals surface area contributed by atoms with Crippen LogP contribution in [0.5, 0.6) is 0 Å². The van der Waals surface area contributed by atoms with Gasteiger partial charge in [0.1, 0.15) is 0 Å². The molecule has 3 N–H and O–H groups in total. The molecule has 1 atom stereocenters. The van der Waals surface area contributed by atoms with Gasteiger partial charge in [-0.05, 0) is 25.1 Å². The standard InChI is InChI=1S/C14H18N4O2/c1-10(8-18-6-5-16-9-18)17-11-3-4-13(15)12(7-11)14(19)20-2/h3-7,9-10,17H,8,15H2,1-2H3. The van der Waals surface area contributed by atoms with Gasteiger partial charge in [0, 0.05) is 36.4 Å². The Kier molecular flexibility index (Phi) is 4.24. The largest absolute Gasteiger partial charge is 0.465 e. The summed E-state index contributed by atoms with van der Waals surface area (Å²) in [4.78, 5) is 15.6. The molecule has 2 aromatic rings. The summed E-state index contributed by atoms with van der Waals surface area (Å²) in [5, 5.41) is 3.31. The minimum atomic E-state index is -0.437. The number of methoxy groups -OCH3 is 1. The maximum atomic E-state index is 11.6. The fourth-order valence-electron chi connectivity index (χ4n) is 1.97. The normalized spacial score (nSPS) is 11.9. The Morgan fingerprint density at radius 3 is 3.00 bits per heavy atom. The molecule has 106 valence electrons. The maximum absolute atomic E-state index is 11.6. The van der Waals surface area contributed by atoms with Crippen molar-refractivity contribution >= 4 is 17.3 Å². The van der Waals surface area contributed by atoms with Crippen LogP contribution in [-0.4, -0.2) is 28.7 Å². The monoisotopic (exact) mass is 274 g/mol. The van der Waals surface area contributed by atoms with Crippen molar-refractivity contribution in [1.82, 2.24) is 9.55 Å². The van der Waals surface area contributed by atoms with Gasteiger partial charge in [-0.25, -0.2) is 9.78 Å². The molecule has 6 nitrogen and oxygen atoms in total. The molecule has 0 bridgehead atoms. The number of nitrogens with two attached hydrogens (primary N) is 1. The number of nitrogens with one attached hydrogen (secondary N) is 1. The van der Waals surface area contributed by atoms with Crippen molar-refractivity contribution in [3.8, 4) is 0 Å². The van der Waals surface area contributed by atoms with Gasteiger partial charge in [0.2, 0.25) is 0 Å². The Balaban J connectivity index is 2.07. The minimum absolute atomic E-state index is 0.179. The fourth-order valence-corrected chi connectivity index (χ4v) is 1.97. The SMILES string of the molecule is COC(=O)c1cc(NC(C)Cn2ccnc2)ccc1N. The fraction of sp³-hybridized carbons (Fsp3) is 0.286. The molecule has 0 saturated carbocycles. The van der Waals surface area contributed by atoms with E-state index in [0.29, 0.717) is 11.3 Å². The predicted molar refractivity (Wildman–Crippen MR) is 77.5 cm³/mol. The first-order valence-electron chi connectivity index (χ1n) is 6.30. The molecule has 0 aliphatic carbocycles. The first-order valence-corrected chi connectivity index (χ1v) is 6.30. The van der Waals surface area contributed by atoms with E-state index in [1.54, 1.807) is 24.7 Å². The summed E-state index contributed by atoms with van der Waals surface area (Å²) in [6.07, 6.45) is 5.41. The van der Waals surface area contributed by atoms with E-state index < -0.39 is 5.97 Å². The summed E-state index contributed by atoms with van der Waals surface area (Å²) in [6, 6.07) is 5.41. The average Bonchev–Trinajstić information content (AvgIpc) is 2.92. The van der Waals surface area contributed by atoms with E-state index in [9.17, 15) is 4.79 Å². The molecular formula is C14H18N4O2. The van der Waals surface area contributed by atoms with Crippen molar-refractivity contribution in [2.45, 2.75) is 19.5 Å². The Bertz CT molecular complexity index is 581. The van der Waals surface area contributed by atoms with Crippen LogP contribution >= 0.6 is 0 Å². The number of hydrogen-bond donors (Lipinski definition) is 2. The number of carbonyl (C=O) groups excluding carboxylic acids is 1. The molecule has 2 rings (SSSR count). The summed E-state index contributed by atoms with van der Waals surface area (Å²) >= 11 is 0. The van der Waals surface area contributed by atoms with Gasteiger partial charge in [-0.3, -0.25) is 0 Å². The third kappa shape index (κ3) is 3.28. The minimum Gasteiger partial charge on any atom is -0.465 e. The van der Waals surface area contributed by atoms with Crippen molar-refractivity contribution in [3.05, 3.63) is 42.5 Å². The smallest absolute Gasteiger partial charge is 0.340 e. The van der Waals surface area contributed by atoms with Gasteiger partial charge in [0.25, 0.3) is 0 Å². The Morgan fingerprint density at radius 2 is 2.35 bits per heavy atom. The molecule has 0 aliphatic heterocycles. The molecule has 1 heterocycles. The zero-order chi connectivity index (χ0) is 14.5. The van der Waals surface area contributed by atoms with Crippen LogP contribution in [0.3, 0.4) is 0 Å². The number of hydrogen-bond acceptors (Lipinski definition) is 5. The predicted octanol–water partition coefficient (Wildman–Crippen LogP) is 1.75. The van der Waals surface area contributed by atoms with Gasteiger partial charge >= 0.3 is 5.97 Å². The lowest BCUT2D eigenvalue weighted by Crippen LogP contribution is -2.21. The summed E-state index contributed by atoms with van der Waals surface area (Å²) in [5.41, 5.74) is 7.37. The van der Waals surface area contributed by atoms with E-state index in [-0.39, 0.29) is 6.04 Å². The second kappa shape index (κ2) is 6.10. The molecular weight excluding hydrogens is 256 g/mol. The van der Waals surface area contributed by atoms with E-state index in [1.165, 1.54) is 7.11 Å². The summed E-state index contributed by atoms with van der Waals surface area (Å²) in [6.45, 7) is 2.83. The quantitative estimate of drug-likeness (QED) is 0.641. The van der Waals surface area contributed by atoms with Crippen molar-refractivity contribution in [2.24, 2.45) is 0 Å². The zero-order valence-corrected chi connectivity index (χ0v) is 11.5. The average molecular weight is 274 g/mol. The Morgan fingerprint density at radius 1 is 1.55 bits per heavy atom. The van der Waals surface area contributed by atoms with Gasteiger partial charge in [-0.15, -0.1) is 0 Å². The van der Waals surface area contributed by atoms with Gasteiger partial charge < -0.3 is 20.4 Å². The lowest BCUT2D eigenvalue weighted by molar-refractivity contribution is 0.0602. The number of rotatable bonds is 5. The maximum Gasteiger partial charge on any atom is 0.340 e. The van der Waals surface area contributed by atoms with Crippen LogP contribution in [0.2, 0.25) is 0 Å². The number of imidazole rings is 1. The highest BCUT2D eigenvalue weighted by atomic mass is 16.5. The molecule has 0 fully saturated rings. The van der Waals surface area contributed by atoms with E-state index in [4.69, 9.17) is 10.5 Å². The van der Waals surface area contributed by atoms with Crippen LogP contribution in [-0.2, 0) is 11.3 Å². The van der Waals surface area contributed by atoms with Crippen LogP contribution in [0, 0.1) is 0 Å². The van der Waals surface area contributed by atoms with Gasteiger partial charge in [-0.2, -0.15) is 0 Å². The van der Waals surface area contributed by atoms with Gasteiger partial charge in [0.05, 0.1) is 19.0 Å². The van der Waals surface area contributed by atoms with Crippen LogP contribution in [0.15, 0.2) is 36.9 Å². The second-order valence-corrected chi connectivity index (χ2v) is 4.60. The molecule has 0 spiro atoms. The molecule has 0 aliphatic rings. The van der Waals surface area contributed by atoms with E-state index in [2.05, 4.69) is 10.3 Å². The van der Waals surface area contributed by atoms with Crippen molar-refractivity contribution in [1.29, 1.82) is 0 Å². The molecule has 6 heteroatoms. The molecule has 1 unspecified atom stereocenters. The molecule has 1 aromatic carbocycles. The Hall–Kier alpha value is -2.50. The lowest BCUT2D eigenvalue weighted by atomic mass is 10.1. The highest BCUT2D eigenvalue weighted by Gasteiger charge is 2.11. The van der Waals surface area contributed by atoms with Crippen LogP contribution in [0.25, 0.3) is 0 Å². The summed E-state index contributed by atoms with van der Waals surface area (Å²) in [5.74, 6) is -0.437. The van der Waals surface area contributed by atoms with Crippen LogP contribution < -0.4 is 11.1 Å². The molecule has 1 aromatic heterocycles. The number of carbonyl (C=O) groups is 1. The van der Waals surface area contributed by atoms with Crippen molar-refractivity contribution in [2.75, 3.05) is 18.2 Å². The zero-order valence-electron chi connectivity index (χ0n) is 11.5. The van der Waals surface area contributed by atoms with Gasteiger partial charge in [0.15, 0.2) is 0 Å². The molecule has 0 radical (unpaired) electrons. The third-order valence-corrected chi connectivity index (χ3v) is 2.92. The van der Waals surface area contributed by atoms with Crippen LogP contribution in [0.1, 0.15) is 17.3 Å². The van der Waals surface area contributed by atoms with Crippen molar-refractivity contribution < 1.29 is 9.53 Å². The lowest BCUT2D eigenvalue weighted by Gasteiger charge is -2.16. The highest BCUT2D eigenvalue weighted by molar-refractivity contribution is 5.96. The summed E-state index contributed by atoms with van der Waals surface area (Å²) in [7, 11) is 1.34. The first kappa shape index (κ1) is 13.9. The van der Waals surface area contributed by atoms with Gasteiger partial charge in [-0.1, -0.05) is 0 Å². The van der Waals surface area contributed by atoms with E-state index in [0.717, 1.165) is 12.2 Å². The molecule has 20 heavy (non-hydrogen) atoms. The number of nitrogens with zero attached hydrogens (tertiary/aromatic N) is 2. The third-order valence-electron chi connectivity index (χ3n) is 2.92. The second-order valence-electron chi connectivity index (χ2n) is 4.60. The molecule has 0 saturated heterocycles. The molecule has 0 amide bonds. The van der Waals surface area contributed by atoms with Crippen LogP contribution in [0.4, 0.5) is 11.4 Å². The first-order chi connectivity index (χ1) is 9.60. The van der Waals surface area contributed by atoms with E-state index in [1.807, 2.05) is 23.8 Å². The number of esters is 1. The number of anilines is 2. The van der Waals surface area contributed by atoms with Crippen molar-refractivity contribution in [3.63, 3.8) is 0 Å². The topological polar surface area (TPSA) is 82.2 Å². The Labute approximate surface area is 117 Å². The number of benzene rings is 1. The van der Waals surface area contributed by atoms with E-state index >= 15 is 0 Å². The number of nitrogen functional groups attached to an aromatic ring is 1. The highest BCUT2D eigenvalue weighted by Crippen LogP contribution is 2.19.